The van der Waals surface area contributed by atoms with Gasteiger partial charge in [0, 0.05) is 35.9 Å². The first kappa shape index (κ1) is 22.0. The highest BCUT2D eigenvalue weighted by atomic mass is 32.2. The monoisotopic (exact) mass is 455 g/mol. The summed E-state index contributed by atoms with van der Waals surface area (Å²) in [6, 6.07) is 11.4. The third-order valence-electron chi connectivity index (χ3n) is 5.52. The Balaban J connectivity index is 1.66. The van der Waals surface area contributed by atoms with E-state index in [1.54, 1.807) is 17.0 Å². The van der Waals surface area contributed by atoms with Gasteiger partial charge in [0.05, 0.1) is 18.1 Å². The second-order valence-electron chi connectivity index (χ2n) is 8.03. The Morgan fingerprint density at radius 1 is 1.09 bits per heavy atom. The van der Waals surface area contributed by atoms with Crippen LogP contribution < -0.4 is 10.2 Å². The number of carbonyl (C=O) groups is 1. The quantitative estimate of drug-likeness (QED) is 0.615. The Hall–Kier alpha value is -3.17. The predicted molar refractivity (Wildman–Crippen MR) is 123 cm³/mol. The van der Waals surface area contributed by atoms with Crippen molar-refractivity contribution in [2.24, 2.45) is 0 Å². The average molecular weight is 456 g/mol. The molecule has 32 heavy (non-hydrogen) atoms. The van der Waals surface area contributed by atoms with E-state index in [-0.39, 0.29) is 15.8 Å². The third-order valence-corrected chi connectivity index (χ3v) is 6.90. The van der Waals surface area contributed by atoms with E-state index in [1.165, 1.54) is 24.4 Å². The Morgan fingerprint density at radius 3 is 2.44 bits per heavy atom. The molecule has 0 aliphatic carbocycles. The highest BCUT2D eigenvalue weighted by Crippen LogP contribution is 2.22. The molecule has 9 heteroatoms. The number of carbonyl (C=O) groups excluding carboxylic acids is 1. The van der Waals surface area contributed by atoms with E-state index in [4.69, 9.17) is 4.74 Å². The van der Waals surface area contributed by atoms with E-state index >= 15 is 0 Å². The molecule has 2 heterocycles. The fraction of sp³-hybridized carbons (Fsp3) is 0.304. The SMILES string of the molecule is CC(C)c1ccc(NS(=O)(=O)c2ccc3[nH]cc(C(=O)N4CCOCC4)c(=O)c3c2)cc1. The van der Waals surface area contributed by atoms with E-state index in [0.717, 1.165) is 5.56 Å². The smallest absolute Gasteiger partial charge is 0.261 e. The molecule has 0 spiro atoms. The molecule has 168 valence electrons. The van der Waals surface area contributed by atoms with Gasteiger partial charge in [0.15, 0.2) is 0 Å². The third kappa shape index (κ3) is 4.39. The standard InChI is InChI=1S/C23H25N3O5S/c1-15(2)16-3-5-17(6-4-16)25-32(29,30)18-7-8-21-19(13-18)22(27)20(14-24-21)23(28)26-9-11-31-12-10-26/h3-8,13-15,25H,9-12H2,1-2H3,(H,24,27). The van der Waals surface area contributed by atoms with Gasteiger partial charge in [-0.1, -0.05) is 26.0 Å². The summed E-state index contributed by atoms with van der Waals surface area (Å²) in [6.07, 6.45) is 1.38. The molecule has 1 amide bonds. The van der Waals surface area contributed by atoms with Crippen molar-refractivity contribution in [2.45, 2.75) is 24.7 Å². The zero-order valence-corrected chi connectivity index (χ0v) is 18.7. The average Bonchev–Trinajstić information content (AvgIpc) is 2.79. The summed E-state index contributed by atoms with van der Waals surface area (Å²) in [4.78, 5) is 30.3. The zero-order valence-electron chi connectivity index (χ0n) is 17.9. The second kappa shape index (κ2) is 8.76. The van der Waals surface area contributed by atoms with E-state index < -0.39 is 21.4 Å². The van der Waals surface area contributed by atoms with E-state index in [1.807, 2.05) is 12.1 Å². The lowest BCUT2D eigenvalue weighted by molar-refractivity contribution is 0.0302. The lowest BCUT2D eigenvalue weighted by Crippen LogP contribution is -2.42. The van der Waals surface area contributed by atoms with Crippen LogP contribution in [0.25, 0.3) is 10.9 Å². The van der Waals surface area contributed by atoms with Crippen LogP contribution in [0.5, 0.6) is 0 Å². The molecule has 1 aliphatic rings. The lowest BCUT2D eigenvalue weighted by Gasteiger charge is -2.26. The fourth-order valence-electron chi connectivity index (χ4n) is 3.61. The van der Waals surface area contributed by atoms with Gasteiger partial charge in [0.25, 0.3) is 15.9 Å². The minimum atomic E-state index is -3.92. The van der Waals surface area contributed by atoms with Crippen LogP contribution >= 0.6 is 0 Å². The molecule has 1 fully saturated rings. The number of ether oxygens (including phenoxy) is 1. The number of morpholine rings is 1. The molecule has 2 N–H and O–H groups in total. The van der Waals surface area contributed by atoms with E-state index in [2.05, 4.69) is 23.6 Å². The summed E-state index contributed by atoms with van der Waals surface area (Å²) in [7, 11) is -3.92. The molecular weight excluding hydrogens is 430 g/mol. The lowest BCUT2D eigenvalue weighted by atomic mass is 10.0. The van der Waals surface area contributed by atoms with Crippen molar-refractivity contribution in [1.82, 2.24) is 9.88 Å². The summed E-state index contributed by atoms with van der Waals surface area (Å²) in [6.45, 7) is 5.77. The molecule has 8 nitrogen and oxygen atoms in total. The van der Waals surface area contributed by atoms with Gasteiger partial charge in [0.2, 0.25) is 5.43 Å². The number of anilines is 1. The molecule has 1 aliphatic heterocycles. The number of benzene rings is 2. The normalized spacial score (nSPS) is 14.7. The van der Waals surface area contributed by atoms with E-state index in [9.17, 15) is 18.0 Å². The molecule has 1 saturated heterocycles. The molecule has 1 aromatic heterocycles. The number of nitrogens with one attached hydrogen (secondary N) is 2. The summed E-state index contributed by atoms with van der Waals surface area (Å²) < 4.78 is 33.7. The number of aromatic nitrogens is 1. The highest BCUT2D eigenvalue weighted by Gasteiger charge is 2.23. The maximum atomic E-state index is 13.0. The van der Waals surface area contributed by atoms with Crippen LogP contribution in [-0.4, -0.2) is 50.5 Å². The number of aromatic amines is 1. The number of nitrogens with zero attached hydrogens (tertiary/aromatic N) is 1. The van der Waals surface area contributed by atoms with Gasteiger partial charge < -0.3 is 14.6 Å². The Morgan fingerprint density at radius 2 is 1.78 bits per heavy atom. The zero-order chi connectivity index (χ0) is 22.9. The minimum absolute atomic E-state index is 0.0221. The van der Waals surface area contributed by atoms with Crippen molar-refractivity contribution in [3.8, 4) is 0 Å². The molecule has 3 aromatic rings. The summed E-state index contributed by atoms with van der Waals surface area (Å²) in [5.74, 6) is -0.0599. The van der Waals surface area contributed by atoms with Crippen molar-refractivity contribution in [3.05, 3.63) is 70.0 Å². The topological polar surface area (TPSA) is 109 Å². The number of sulfonamides is 1. The van der Waals surface area contributed by atoms with Crippen molar-refractivity contribution in [2.75, 3.05) is 31.0 Å². The fourth-order valence-corrected chi connectivity index (χ4v) is 4.70. The van der Waals surface area contributed by atoms with Gasteiger partial charge in [-0.15, -0.1) is 0 Å². The van der Waals surface area contributed by atoms with Gasteiger partial charge >= 0.3 is 0 Å². The van der Waals surface area contributed by atoms with Gasteiger partial charge in [0.1, 0.15) is 5.56 Å². The van der Waals surface area contributed by atoms with Crippen LogP contribution in [-0.2, 0) is 14.8 Å². The molecule has 0 atom stereocenters. The van der Waals surface area contributed by atoms with Crippen LogP contribution in [0, 0.1) is 0 Å². The number of rotatable bonds is 5. The number of H-pyrrole nitrogens is 1. The number of hydrogen-bond acceptors (Lipinski definition) is 5. The van der Waals surface area contributed by atoms with Crippen LogP contribution in [0.4, 0.5) is 5.69 Å². The first-order valence-electron chi connectivity index (χ1n) is 10.4. The van der Waals surface area contributed by atoms with Crippen molar-refractivity contribution in [1.29, 1.82) is 0 Å². The molecule has 0 bridgehead atoms. The summed E-state index contributed by atoms with van der Waals surface area (Å²) in [5, 5.41) is 0.141. The van der Waals surface area contributed by atoms with Crippen molar-refractivity contribution >= 4 is 32.5 Å². The van der Waals surface area contributed by atoms with Crippen LogP contribution in [0.15, 0.2) is 58.4 Å². The van der Waals surface area contributed by atoms with Crippen LogP contribution in [0.2, 0.25) is 0 Å². The maximum Gasteiger partial charge on any atom is 0.261 e. The highest BCUT2D eigenvalue weighted by molar-refractivity contribution is 7.92. The van der Waals surface area contributed by atoms with E-state index in [0.29, 0.717) is 43.4 Å². The number of fused-ring (bicyclic) bond motifs is 1. The van der Waals surface area contributed by atoms with Gasteiger partial charge in [-0.25, -0.2) is 8.42 Å². The molecule has 2 aromatic carbocycles. The molecule has 0 saturated carbocycles. The Kier molecular flexibility index (Phi) is 6.03. The summed E-state index contributed by atoms with van der Waals surface area (Å²) >= 11 is 0. The molecule has 0 unspecified atom stereocenters. The number of hydrogen-bond donors (Lipinski definition) is 2. The largest absolute Gasteiger partial charge is 0.378 e. The molecule has 0 radical (unpaired) electrons. The van der Waals surface area contributed by atoms with Crippen LogP contribution in [0.3, 0.4) is 0 Å². The van der Waals surface area contributed by atoms with Crippen molar-refractivity contribution in [3.63, 3.8) is 0 Å². The first-order chi connectivity index (χ1) is 15.3. The second-order valence-corrected chi connectivity index (χ2v) is 9.71. The maximum absolute atomic E-state index is 13.0. The first-order valence-corrected chi connectivity index (χ1v) is 11.9. The summed E-state index contributed by atoms with van der Waals surface area (Å²) in [5.41, 5.74) is 1.45. The predicted octanol–water partition coefficient (Wildman–Crippen LogP) is 2.92. The number of pyridine rings is 1. The van der Waals surface area contributed by atoms with Gasteiger partial charge in [-0.05, 0) is 41.8 Å². The molecule has 4 rings (SSSR count). The van der Waals surface area contributed by atoms with Gasteiger partial charge in [-0.3, -0.25) is 14.3 Å². The molecular formula is C23H25N3O5S. The minimum Gasteiger partial charge on any atom is -0.378 e. The Bertz CT molecular complexity index is 1310. The van der Waals surface area contributed by atoms with Crippen molar-refractivity contribution < 1.29 is 17.9 Å². The Labute approximate surface area is 186 Å². The van der Waals surface area contributed by atoms with Crippen LogP contribution in [0.1, 0.15) is 35.7 Å². The van der Waals surface area contributed by atoms with Gasteiger partial charge in [-0.2, -0.15) is 0 Å². The number of amides is 1.